The highest BCUT2D eigenvalue weighted by Gasteiger charge is 2.28. The molecule has 0 aliphatic heterocycles. The van der Waals surface area contributed by atoms with E-state index in [4.69, 9.17) is 20.9 Å². The highest BCUT2D eigenvalue weighted by atomic mass is 16.5. The Bertz CT molecular complexity index is 1460. The van der Waals surface area contributed by atoms with Gasteiger partial charge >= 0.3 is 0 Å². The van der Waals surface area contributed by atoms with Crippen LogP contribution in [0.2, 0.25) is 0 Å². The van der Waals surface area contributed by atoms with Crippen LogP contribution in [0.4, 0.5) is 11.6 Å². The van der Waals surface area contributed by atoms with E-state index in [0.29, 0.717) is 39.6 Å². The number of benzene rings is 1. The first kappa shape index (κ1) is 22.5. The minimum Gasteiger partial charge on any atom is -0.481 e. The van der Waals surface area contributed by atoms with E-state index >= 15 is 0 Å². The molecule has 4 aromatic rings. The van der Waals surface area contributed by atoms with Crippen molar-refractivity contribution >= 4 is 28.3 Å². The summed E-state index contributed by atoms with van der Waals surface area (Å²) in [6.07, 6.45) is 5.87. The van der Waals surface area contributed by atoms with Crippen LogP contribution in [0, 0.1) is 5.41 Å². The lowest BCUT2D eigenvalue weighted by molar-refractivity contribution is 0.294. The van der Waals surface area contributed by atoms with Gasteiger partial charge in [0, 0.05) is 23.9 Å². The number of rotatable bonds is 7. The number of hydrogen-bond donors (Lipinski definition) is 3. The van der Waals surface area contributed by atoms with Crippen LogP contribution in [0.25, 0.3) is 10.9 Å². The molecule has 3 aromatic heterocycles. The van der Waals surface area contributed by atoms with E-state index in [0.717, 1.165) is 19.3 Å². The van der Waals surface area contributed by atoms with Gasteiger partial charge in [-0.25, -0.2) is 19.9 Å². The van der Waals surface area contributed by atoms with Crippen LogP contribution < -0.4 is 21.3 Å². The van der Waals surface area contributed by atoms with Gasteiger partial charge in [-0.05, 0) is 44.4 Å². The van der Waals surface area contributed by atoms with Gasteiger partial charge in [-0.15, -0.1) is 0 Å². The predicted octanol–water partition coefficient (Wildman–Crippen LogP) is 3.49. The van der Waals surface area contributed by atoms with Crippen molar-refractivity contribution in [3.8, 4) is 5.88 Å². The van der Waals surface area contributed by atoms with Gasteiger partial charge in [0.25, 0.3) is 5.56 Å². The van der Waals surface area contributed by atoms with Crippen LogP contribution >= 0.6 is 0 Å². The second-order valence-electron chi connectivity index (χ2n) is 8.56. The first-order chi connectivity index (χ1) is 17.0. The van der Waals surface area contributed by atoms with Crippen molar-refractivity contribution in [2.45, 2.75) is 38.3 Å². The lowest BCUT2D eigenvalue weighted by Gasteiger charge is -2.31. The molecule has 1 saturated carbocycles. The van der Waals surface area contributed by atoms with E-state index in [9.17, 15) is 4.79 Å². The largest absolute Gasteiger partial charge is 0.481 e. The molecular formula is C25H26N8O2. The molecule has 0 saturated heterocycles. The van der Waals surface area contributed by atoms with Gasteiger partial charge in [-0.3, -0.25) is 14.8 Å². The summed E-state index contributed by atoms with van der Waals surface area (Å²) in [5.74, 6) is 1.62. The Kier molecular flexibility index (Phi) is 5.86. The first-order valence-electron chi connectivity index (χ1n) is 11.5. The molecule has 1 aromatic carbocycles. The average molecular weight is 471 g/mol. The van der Waals surface area contributed by atoms with Crippen molar-refractivity contribution in [2.75, 3.05) is 18.2 Å². The highest BCUT2D eigenvalue weighted by molar-refractivity contribution is 6.16. The van der Waals surface area contributed by atoms with Crippen molar-refractivity contribution in [3.63, 3.8) is 0 Å². The lowest BCUT2D eigenvalue weighted by atomic mass is 9.92. The molecule has 1 fully saturated rings. The lowest BCUT2D eigenvalue weighted by Crippen LogP contribution is -2.34. The maximum atomic E-state index is 13.4. The Labute approximate surface area is 201 Å². The third-order valence-electron chi connectivity index (χ3n) is 6.38. The molecule has 10 heteroatoms. The topological polar surface area (TPSA) is 145 Å². The fraction of sp³-hybridized carbons (Fsp3) is 0.280. The van der Waals surface area contributed by atoms with E-state index in [1.54, 1.807) is 18.3 Å². The Morgan fingerprint density at radius 2 is 2.00 bits per heavy atom. The van der Waals surface area contributed by atoms with Crippen LogP contribution in [-0.4, -0.2) is 37.3 Å². The monoisotopic (exact) mass is 470 g/mol. The summed E-state index contributed by atoms with van der Waals surface area (Å²) in [5, 5.41) is 12.7. The number of methoxy groups -OCH3 is 1. The third kappa shape index (κ3) is 4.07. The normalized spacial score (nSPS) is 14.3. The summed E-state index contributed by atoms with van der Waals surface area (Å²) in [7, 11) is 1.53. The maximum absolute atomic E-state index is 13.4. The first-order valence-corrected chi connectivity index (χ1v) is 11.5. The second kappa shape index (κ2) is 9.13. The van der Waals surface area contributed by atoms with Gasteiger partial charge in [-0.1, -0.05) is 12.1 Å². The fourth-order valence-electron chi connectivity index (χ4n) is 4.28. The molecule has 1 aliphatic carbocycles. The molecule has 3 heterocycles. The van der Waals surface area contributed by atoms with Gasteiger partial charge in [0.05, 0.1) is 35.3 Å². The summed E-state index contributed by atoms with van der Waals surface area (Å²) in [6, 6.07) is 10.5. The van der Waals surface area contributed by atoms with E-state index in [1.807, 2.05) is 35.8 Å². The molecule has 178 valence electrons. The smallest absolute Gasteiger partial charge is 0.261 e. The quantitative estimate of drug-likeness (QED) is 0.348. The molecule has 0 radical (unpaired) electrons. The number of hydrogen-bond acceptors (Lipinski definition) is 9. The van der Waals surface area contributed by atoms with Crippen molar-refractivity contribution < 1.29 is 4.74 Å². The number of fused-ring (bicyclic) bond motifs is 1. The van der Waals surface area contributed by atoms with E-state index in [-0.39, 0.29) is 29.2 Å². The fourth-order valence-corrected chi connectivity index (χ4v) is 4.28. The molecule has 35 heavy (non-hydrogen) atoms. The van der Waals surface area contributed by atoms with Gasteiger partial charge in [0.1, 0.15) is 23.8 Å². The number of para-hydroxylation sites is 1. The van der Waals surface area contributed by atoms with Gasteiger partial charge in [-0.2, -0.15) is 0 Å². The Hall–Kier alpha value is -4.34. The molecular weight excluding hydrogens is 444 g/mol. The number of nitrogens with zero attached hydrogens (tertiary/aromatic N) is 5. The molecule has 10 nitrogen and oxygen atoms in total. The van der Waals surface area contributed by atoms with Crippen LogP contribution in [0.15, 0.2) is 53.7 Å². The zero-order valence-electron chi connectivity index (χ0n) is 19.5. The molecule has 0 spiro atoms. The van der Waals surface area contributed by atoms with Crippen LogP contribution in [-0.2, 0) is 0 Å². The number of nitrogens with two attached hydrogens (primary N) is 1. The Morgan fingerprint density at radius 3 is 2.69 bits per heavy atom. The molecule has 0 amide bonds. The van der Waals surface area contributed by atoms with E-state index < -0.39 is 0 Å². The van der Waals surface area contributed by atoms with Gasteiger partial charge < -0.3 is 15.8 Å². The summed E-state index contributed by atoms with van der Waals surface area (Å²) in [6.45, 7) is 1.92. The summed E-state index contributed by atoms with van der Waals surface area (Å²) < 4.78 is 6.92. The molecule has 5 rings (SSSR count). The molecule has 0 bridgehead atoms. The third-order valence-corrected chi connectivity index (χ3v) is 6.38. The zero-order valence-corrected chi connectivity index (χ0v) is 19.5. The van der Waals surface area contributed by atoms with Gasteiger partial charge in [0.2, 0.25) is 5.88 Å². The van der Waals surface area contributed by atoms with Crippen LogP contribution in [0.5, 0.6) is 5.88 Å². The van der Waals surface area contributed by atoms with Gasteiger partial charge in [0.15, 0.2) is 0 Å². The summed E-state index contributed by atoms with van der Waals surface area (Å²) in [5.41, 5.74) is 7.81. The standard InChI is InChI=1S/C25H26N8O2/c1-14(24-32-18-9-4-3-8-17(18)25(34)33(24)16-6-5-7-16)31-23-20(22(27)29-13-30-23)21(26)15-10-11-19(35-2)28-12-15/h3-4,8-14,16,26H,5-7H2,1-2H3,(H3,27,29,30,31). The minimum absolute atomic E-state index is 0.0385. The number of nitrogens with one attached hydrogen (secondary N) is 2. The van der Waals surface area contributed by atoms with Crippen molar-refractivity contribution in [1.29, 1.82) is 5.41 Å². The molecule has 1 aliphatic rings. The second-order valence-corrected chi connectivity index (χ2v) is 8.56. The average Bonchev–Trinajstić information content (AvgIpc) is 2.84. The predicted molar refractivity (Wildman–Crippen MR) is 134 cm³/mol. The van der Waals surface area contributed by atoms with E-state index in [2.05, 4.69) is 20.3 Å². The summed E-state index contributed by atoms with van der Waals surface area (Å²) >= 11 is 0. The molecule has 4 N–H and O–H groups in total. The van der Waals surface area contributed by atoms with Crippen molar-refractivity contribution in [1.82, 2.24) is 24.5 Å². The molecule has 1 atom stereocenters. The SMILES string of the molecule is COc1ccc(C(=N)c2c(N)ncnc2NC(C)c2nc3ccccc3c(=O)n2C2CCC2)cn1. The number of anilines is 2. The van der Waals surface area contributed by atoms with Crippen LogP contribution in [0.3, 0.4) is 0 Å². The summed E-state index contributed by atoms with van der Waals surface area (Å²) in [4.78, 5) is 30.9. The number of pyridine rings is 1. The van der Waals surface area contributed by atoms with E-state index in [1.165, 1.54) is 13.4 Å². The van der Waals surface area contributed by atoms with Crippen molar-refractivity contribution in [2.24, 2.45) is 0 Å². The number of aromatic nitrogens is 5. The number of ether oxygens (including phenoxy) is 1. The van der Waals surface area contributed by atoms with Crippen molar-refractivity contribution in [3.05, 3.63) is 76.2 Å². The Balaban J connectivity index is 1.55. The Morgan fingerprint density at radius 1 is 1.20 bits per heavy atom. The maximum Gasteiger partial charge on any atom is 0.261 e. The highest BCUT2D eigenvalue weighted by Crippen LogP contribution is 2.34. The molecule has 1 unspecified atom stereocenters. The number of nitrogen functional groups attached to an aromatic ring is 1. The minimum atomic E-state index is -0.386. The zero-order chi connectivity index (χ0) is 24.5. The van der Waals surface area contributed by atoms with Crippen LogP contribution in [0.1, 0.15) is 55.2 Å².